The molecule has 17 heteroatoms. The Labute approximate surface area is 291 Å². The molecule has 0 aliphatic carbocycles. The van der Waals surface area contributed by atoms with Crippen LogP contribution in [0.15, 0.2) is 28.9 Å². The van der Waals surface area contributed by atoms with Crippen LogP contribution in [0.3, 0.4) is 0 Å². The third-order valence-corrected chi connectivity index (χ3v) is 9.77. The van der Waals surface area contributed by atoms with Crippen molar-refractivity contribution >= 4 is 55.2 Å². The number of hydrogen-bond donors (Lipinski definition) is 4. The average Bonchev–Trinajstić information content (AvgIpc) is 3.05. The van der Waals surface area contributed by atoms with Crippen LogP contribution in [0.5, 0.6) is 0 Å². The first-order chi connectivity index (χ1) is 23.1. The molecule has 1 aromatic heterocycles. The van der Waals surface area contributed by atoms with E-state index in [1.807, 2.05) is 6.07 Å². The van der Waals surface area contributed by atoms with E-state index in [9.17, 15) is 18.0 Å². The van der Waals surface area contributed by atoms with Gasteiger partial charge in [0.1, 0.15) is 5.82 Å². The van der Waals surface area contributed by atoms with Gasteiger partial charge < -0.3 is 40.6 Å². The quantitative estimate of drug-likeness (QED) is 0.121. The zero-order valence-corrected chi connectivity index (χ0v) is 30.1. The summed E-state index contributed by atoms with van der Waals surface area (Å²) in [7, 11) is -3.54. The monoisotopic (exact) mass is 757 g/mol. The first-order valence-electron chi connectivity index (χ1n) is 16.1. The van der Waals surface area contributed by atoms with Crippen molar-refractivity contribution in [3.63, 3.8) is 0 Å². The number of sulfonamides is 1. The number of anilines is 3. The fraction of sp³-hybridized carbons (Fsp3) is 0.613. The van der Waals surface area contributed by atoms with E-state index in [4.69, 9.17) is 24.7 Å². The highest BCUT2D eigenvalue weighted by Crippen LogP contribution is 2.28. The van der Waals surface area contributed by atoms with Crippen molar-refractivity contribution in [2.24, 2.45) is 5.73 Å². The summed E-state index contributed by atoms with van der Waals surface area (Å²) in [6.45, 7) is 8.27. The van der Waals surface area contributed by atoms with Crippen LogP contribution in [0.2, 0.25) is 0 Å². The smallest absolute Gasteiger partial charge is 0.251 e. The fourth-order valence-corrected chi connectivity index (χ4v) is 6.50. The molecule has 0 bridgehead atoms. The topological polar surface area (TPSA) is 196 Å². The molecule has 1 aromatic carbocycles. The molecule has 0 radical (unpaired) electrons. The van der Waals surface area contributed by atoms with Gasteiger partial charge in [-0.2, -0.15) is 4.98 Å². The van der Waals surface area contributed by atoms with Crippen LogP contribution in [0.1, 0.15) is 48.5 Å². The van der Waals surface area contributed by atoms with E-state index in [0.29, 0.717) is 93.1 Å². The molecule has 5 N–H and O–H groups in total. The van der Waals surface area contributed by atoms with Gasteiger partial charge in [0.25, 0.3) is 5.91 Å². The van der Waals surface area contributed by atoms with Gasteiger partial charge in [-0.1, -0.05) is 19.1 Å². The minimum Gasteiger partial charge on any atom is -0.379 e. The van der Waals surface area contributed by atoms with Gasteiger partial charge in [0.05, 0.1) is 67.7 Å². The molecule has 0 unspecified atom stereocenters. The number of amides is 2. The summed E-state index contributed by atoms with van der Waals surface area (Å²) >= 11 is 3.44. The minimum absolute atomic E-state index is 0.0207. The molecule has 2 amide bonds. The van der Waals surface area contributed by atoms with Gasteiger partial charge in [-0.15, -0.1) is 0 Å². The fourth-order valence-electron chi connectivity index (χ4n) is 4.82. The van der Waals surface area contributed by atoms with Gasteiger partial charge in [-0.3, -0.25) is 9.59 Å². The highest BCUT2D eigenvalue weighted by Gasteiger charge is 2.28. The summed E-state index contributed by atoms with van der Waals surface area (Å²) in [5, 5.41) is 9.09. The molecule has 0 atom stereocenters. The minimum atomic E-state index is -3.54. The maximum absolute atomic E-state index is 12.9. The summed E-state index contributed by atoms with van der Waals surface area (Å²) in [6.07, 6.45) is 3.82. The van der Waals surface area contributed by atoms with Crippen LogP contribution in [-0.2, 0) is 33.8 Å². The van der Waals surface area contributed by atoms with Gasteiger partial charge >= 0.3 is 0 Å². The Hall–Kier alpha value is -2.93. The number of halogens is 1. The lowest BCUT2D eigenvalue weighted by atomic mass is 10.1. The van der Waals surface area contributed by atoms with Gasteiger partial charge in [-0.25, -0.2) is 17.7 Å². The van der Waals surface area contributed by atoms with Gasteiger partial charge in [-0.05, 0) is 53.7 Å². The number of piperidine rings is 1. The number of benzene rings is 1. The van der Waals surface area contributed by atoms with Gasteiger partial charge in [0, 0.05) is 44.9 Å². The Bertz CT molecular complexity index is 1410. The number of hydrogen-bond acceptors (Lipinski definition) is 12. The molecule has 1 fully saturated rings. The first kappa shape index (κ1) is 39.5. The molecule has 1 saturated heterocycles. The second kappa shape index (κ2) is 21.2. The van der Waals surface area contributed by atoms with Crippen LogP contribution in [0.25, 0.3) is 0 Å². The van der Waals surface area contributed by atoms with E-state index in [1.165, 1.54) is 4.31 Å². The number of aryl methyl sites for hydroxylation is 1. The normalized spacial score (nSPS) is 14.1. The Morgan fingerprint density at radius 1 is 1.00 bits per heavy atom. The number of aromatic nitrogens is 2. The van der Waals surface area contributed by atoms with Crippen molar-refractivity contribution in [1.29, 1.82) is 0 Å². The maximum atomic E-state index is 12.9. The van der Waals surface area contributed by atoms with Gasteiger partial charge in [0.15, 0.2) is 0 Å². The van der Waals surface area contributed by atoms with Crippen molar-refractivity contribution < 1.29 is 37.0 Å². The second-order valence-electron chi connectivity index (χ2n) is 11.1. The Kier molecular flexibility index (Phi) is 17.5. The summed E-state index contributed by atoms with van der Waals surface area (Å²) in [5.74, 6) is -0.194. The van der Waals surface area contributed by atoms with E-state index in [0.717, 1.165) is 18.6 Å². The van der Waals surface area contributed by atoms with E-state index in [-0.39, 0.29) is 37.3 Å². The van der Waals surface area contributed by atoms with Crippen molar-refractivity contribution in [2.45, 2.75) is 45.6 Å². The highest BCUT2D eigenvalue weighted by molar-refractivity contribution is 9.10. The summed E-state index contributed by atoms with van der Waals surface area (Å²) in [4.78, 5) is 33.0. The lowest BCUT2D eigenvalue weighted by Gasteiger charge is -2.31. The number of nitrogens with zero attached hydrogens (tertiary/aromatic N) is 3. The lowest BCUT2D eigenvalue weighted by molar-refractivity contribution is -0.122. The van der Waals surface area contributed by atoms with Crippen molar-refractivity contribution in [1.82, 2.24) is 19.6 Å². The standard InChI is InChI=1S/C31H48BrN7O8S/c1-3-13-44-15-17-46-19-20-47-18-16-45-14-9-27(40)34-10-21-48(42,43)39-11-7-24(8-12-39)36-31-35-22-25(32)30(38-31)37-26-6-4-5-23(2)28(26)29(33)41/h4-6,22,24H,3,7-21H2,1-2H3,(H2,33,41)(H,34,40)(H2,35,36,37,38). The molecule has 268 valence electrons. The average molecular weight is 759 g/mol. The molecule has 48 heavy (non-hydrogen) atoms. The largest absolute Gasteiger partial charge is 0.379 e. The Balaban J connectivity index is 1.30. The van der Waals surface area contributed by atoms with Crippen molar-refractivity contribution in [3.05, 3.63) is 40.0 Å². The summed E-state index contributed by atoms with van der Waals surface area (Å²) in [5.41, 5.74) is 7.22. The lowest BCUT2D eigenvalue weighted by Crippen LogP contribution is -2.45. The number of primary amides is 1. The SMILES string of the molecule is CCCOCCOCCOCCOCCC(=O)NCCS(=O)(=O)N1CCC(Nc2ncc(Br)c(Nc3cccc(C)c3C(N)=O)n2)CC1. The van der Waals surface area contributed by atoms with Crippen LogP contribution < -0.4 is 21.7 Å². The number of ether oxygens (including phenoxy) is 4. The zero-order valence-electron chi connectivity index (χ0n) is 27.7. The number of carbonyl (C=O) groups is 2. The number of rotatable bonds is 23. The Morgan fingerprint density at radius 3 is 2.25 bits per heavy atom. The Morgan fingerprint density at radius 2 is 1.62 bits per heavy atom. The number of nitrogens with one attached hydrogen (secondary N) is 3. The second-order valence-corrected chi connectivity index (χ2v) is 14.0. The predicted octanol–water partition coefficient (Wildman–Crippen LogP) is 2.58. The molecular weight excluding hydrogens is 710 g/mol. The third-order valence-electron chi connectivity index (χ3n) is 7.32. The summed E-state index contributed by atoms with van der Waals surface area (Å²) < 4.78 is 49.4. The van der Waals surface area contributed by atoms with Crippen molar-refractivity contribution in [3.8, 4) is 0 Å². The molecular formula is C31H48BrN7O8S. The molecule has 2 aromatic rings. The van der Waals surface area contributed by atoms with Crippen LogP contribution in [0.4, 0.5) is 17.5 Å². The van der Waals surface area contributed by atoms with Crippen LogP contribution >= 0.6 is 15.9 Å². The molecule has 0 saturated carbocycles. The van der Waals surface area contributed by atoms with E-state index in [1.54, 1.807) is 25.3 Å². The first-order valence-corrected chi connectivity index (χ1v) is 18.5. The van der Waals surface area contributed by atoms with E-state index < -0.39 is 15.9 Å². The molecule has 2 heterocycles. The molecule has 1 aliphatic heterocycles. The summed E-state index contributed by atoms with van der Waals surface area (Å²) in [6, 6.07) is 5.32. The highest BCUT2D eigenvalue weighted by atomic mass is 79.9. The van der Waals surface area contributed by atoms with E-state index >= 15 is 0 Å². The third kappa shape index (κ3) is 13.9. The van der Waals surface area contributed by atoms with Crippen molar-refractivity contribution in [2.75, 3.05) is 88.9 Å². The maximum Gasteiger partial charge on any atom is 0.251 e. The molecule has 3 rings (SSSR count). The zero-order chi connectivity index (χ0) is 34.8. The molecule has 0 spiro atoms. The number of nitrogens with two attached hydrogens (primary N) is 1. The molecule has 1 aliphatic rings. The van der Waals surface area contributed by atoms with Crippen LogP contribution in [0, 0.1) is 6.92 Å². The van der Waals surface area contributed by atoms with Crippen LogP contribution in [-0.4, -0.2) is 119 Å². The molecule has 15 nitrogen and oxygen atoms in total. The number of carbonyl (C=O) groups excluding carboxylic acids is 2. The van der Waals surface area contributed by atoms with Gasteiger partial charge in [0.2, 0.25) is 21.9 Å². The predicted molar refractivity (Wildman–Crippen MR) is 186 cm³/mol. The van der Waals surface area contributed by atoms with E-state index in [2.05, 4.69) is 48.8 Å².